The number of rotatable bonds is 75. The van der Waals surface area contributed by atoms with Gasteiger partial charge in [0.05, 0.1) is 26.4 Å². The van der Waals surface area contributed by atoms with Crippen LogP contribution >= 0.6 is 15.6 Å². The second-order valence-electron chi connectivity index (χ2n) is 29.3. The van der Waals surface area contributed by atoms with Gasteiger partial charge in [0, 0.05) is 25.7 Å². The lowest BCUT2D eigenvalue weighted by Crippen LogP contribution is -2.30. The molecule has 0 radical (unpaired) electrons. The van der Waals surface area contributed by atoms with E-state index in [9.17, 15) is 43.2 Å². The number of aliphatic hydroxyl groups excluding tert-OH is 1. The molecule has 97 heavy (non-hydrogen) atoms. The van der Waals surface area contributed by atoms with E-state index in [0.29, 0.717) is 25.7 Å². The molecule has 17 nitrogen and oxygen atoms in total. The molecule has 0 aliphatic heterocycles. The summed E-state index contributed by atoms with van der Waals surface area (Å²) in [5, 5.41) is 10.6. The molecule has 576 valence electrons. The fraction of sp³-hybridized carbons (Fsp3) is 0.949. The highest BCUT2D eigenvalue weighted by Gasteiger charge is 2.30. The minimum atomic E-state index is -4.96. The molecule has 0 amide bonds. The summed E-state index contributed by atoms with van der Waals surface area (Å²) >= 11 is 0. The van der Waals surface area contributed by atoms with E-state index in [-0.39, 0.29) is 25.7 Å². The summed E-state index contributed by atoms with van der Waals surface area (Å²) in [6, 6.07) is 0. The second kappa shape index (κ2) is 67.2. The summed E-state index contributed by atoms with van der Waals surface area (Å²) in [6.07, 6.45) is 52.8. The van der Waals surface area contributed by atoms with Gasteiger partial charge in [-0.05, 0) is 49.4 Å². The van der Waals surface area contributed by atoms with Crippen molar-refractivity contribution in [3.05, 3.63) is 0 Å². The maximum Gasteiger partial charge on any atom is 0.472 e. The van der Waals surface area contributed by atoms with Gasteiger partial charge in [0.2, 0.25) is 0 Å². The van der Waals surface area contributed by atoms with Crippen molar-refractivity contribution in [3.8, 4) is 0 Å². The van der Waals surface area contributed by atoms with Crippen LogP contribution in [0.1, 0.15) is 396 Å². The second-order valence-corrected chi connectivity index (χ2v) is 32.2. The molecular weight excluding hydrogens is 1270 g/mol. The number of esters is 4. The molecule has 0 saturated heterocycles. The molecule has 0 aromatic rings. The van der Waals surface area contributed by atoms with Gasteiger partial charge in [-0.2, -0.15) is 0 Å². The Labute approximate surface area is 594 Å². The number of ether oxygens (including phenoxy) is 4. The smallest absolute Gasteiger partial charge is 0.462 e. The Kier molecular flexibility index (Phi) is 65.9. The number of phosphoric acid groups is 2. The molecule has 8 atom stereocenters. The molecule has 3 N–H and O–H groups in total. The summed E-state index contributed by atoms with van der Waals surface area (Å²) in [4.78, 5) is 72.8. The Morgan fingerprint density at radius 2 is 0.495 bits per heavy atom. The van der Waals surface area contributed by atoms with Gasteiger partial charge in [-0.25, -0.2) is 9.13 Å². The average molecular weight is 1420 g/mol. The summed E-state index contributed by atoms with van der Waals surface area (Å²) in [5.74, 6) is 1.01. The fourth-order valence-corrected chi connectivity index (χ4v) is 13.4. The maximum absolute atomic E-state index is 13.1. The highest BCUT2D eigenvalue weighted by Crippen LogP contribution is 2.45. The summed E-state index contributed by atoms with van der Waals surface area (Å²) in [6.45, 7) is 14.2. The predicted octanol–water partition coefficient (Wildman–Crippen LogP) is 22.8. The molecule has 0 aromatic heterocycles. The van der Waals surface area contributed by atoms with Gasteiger partial charge in [0.15, 0.2) is 12.2 Å². The van der Waals surface area contributed by atoms with E-state index in [0.717, 1.165) is 120 Å². The molecule has 5 unspecified atom stereocenters. The number of unbranched alkanes of at least 4 members (excludes halogenated alkanes) is 38. The summed E-state index contributed by atoms with van der Waals surface area (Å²) in [7, 11) is -9.92. The first-order chi connectivity index (χ1) is 46.7. The van der Waals surface area contributed by atoms with Crippen molar-refractivity contribution in [2.75, 3.05) is 39.6 Å². The van der Waals surface area contributed by atoms with E-state index >= 15 is 0 Å². The molecular formula is C78H152O17P2. The molecule has 19 heteroatoms. The highest BCUT2D eigenvalue weighted by molar-refractivity contribution is 7.47. The predicted molar refractivity (Wildman–Crippen MR) is 395 cm³/mol. The van der Waals surface area contributed by atoms with E-state index in [1.807, 2.05) is 0 Å². The number of phosphoric ester groups is 2. The van der Waals surface area contributed by atoms with Crippen LogP contribution in [-0.4, -0.2) is 96.7 Å². The zero-order valence-corrected chi connectivity index (χ0v) is 65.5. The number of hydrogen-bond acceptors (Lipinski definition) is 15. The molecule has 0 rings (SSSR count). The van der Waals surface area contributed by atoms with Crippen molar-refractivity contribution in [3.63, 3.8) is 0 Å². The van der Waals surface area contributed by atoms with E-state index in [1.165, 1.54) is 193 Å². The van der Waals surface area contributed by atoms with Crippen LogP contribution in [0.2, 0.25) is 0 Å². The largest absolute Gasteiger partial charge is 0.472 e. The molecule has 0 aliphatic carbocycles. The monoisotopic (exact) mass is 1420 g/mol. The molecule has 0 aliphatic rings. The van der Waals surface area contributed by atoms with Crippen LogP contribution in [0.5, 0.6) is 0 Å². The van der Waals surface area contributed by atoms with Gasteiger partial charge in [0.25, 0.3) is 0 Å². The van der Waals surface area contributed by atoms with Crippen molar-refractivity contribution in [2.45, 2.75) is 414 Å². The lowest BCUT2D eigenvalue weighted by Gasteiger charge is -2.21. The fourth-order valence-electron chi connectivity index (χ4n) is 11.8. The first-order valence-corrected chi connectivity index (χ1v) is 43.3. The molecule has 0 fully saturated rings. The first kappa shape index (κ1) is 95.1. The van der Waals surface area contributed by atoms with Crippen LogP contribution in [0, 0.1) is 23.7 Å². The maximum atomic E-state index is 13.1. The lowest BCUT2D eigenvalue weighted by atomic mass is 9.99. The van der Waals surface area contributed by atoms with Gasteiger partial charge < -0.3 is 33.8 Å². The van der Waals surface area contributed by atoms with Gasteiger partial charge in [0.1, 0.15) is 19.3 Å². The molecule has 0 saturated carbocycles. The van der Waals surface area contributed by atoms with E-state index < -0.39 is 97.5 Å². The van der Waals surface area contributed by atoms with Crippen molar-refractivity contribution in [1.82, 2.24) is 0 Å². The van der Waals surface area contributed by atoms with Crippen molar-refractivity contribution >= 4 is 39.5 Å². The standard InChI is InChI=1S/C78H152O17P2/c1-9-69(6)55-47-39-31-25-20-18-16-14-12-13-15-17-19-21-27-34-44-52-60-77(82)94-74(65-89-76(81)59-51-43-37-36-41-49-57-71(8)11-3)67-93-97(86,87)91-63-72(79)62-90-96(84,85)92-66-73(95-78(83)61-53-45-35-29-28-32-40-48-56-70(7)10-2)64-88-75(80)58-50-42-33-26-23-22-24-30-38-46-54-68(4)5/h68-74,79H,9-67H2,1-8H3,(H,84,85)(H,86,87)/t69?,70?,71?,72-,73-,74-/m1/s1. The van der Waals surface area contributed by atoms with Crippen LogP contribution in [0.25, 0.3) is 0 Å². The number of hydrogen-bond donors (Lipinski definition) is 3. The van der Waals surface area contributed by atoms with Crippen molar-refractivity contribution in [1.29, 1.82) is 0 Å². The molecule has 0 aromatic carbocycles. The first-order valence-electron chi connectivity index (χ1n) is 40.3. The van der Waals surface area contributed by atoms with Crippen LogP contribution in [-0.2, 0) is 65.4 Å². The minimum absolute atomic E-state index is 0.104. The van der Waals surface area contributed by atoms with E-state index in [2.05, 4.69) is 55.4 Å². The van der Waals surface area contributed by atoms with Crippen LogP contribution < -0.4 is 0 Å². The zero-order chi connectivity index (χ0) is 71.7. The third-order valence-electron chi connectivity index (χ3n) is 19.2. The van der Waals surface area contributed by atoms with Gasteiger partial charge in [-0.3, -0.25) is 37.3 Å². The highest BCUT2D eigenvalue weighted by atomic mass is 31.2. The van der Waals surface area contributed by atoms with Gasteiger partial charge in [-0.1, -0.05) is 344 Å². The van der Waals surface area contributed by atoms with Crippen molar-refractivity contribution in [2.24, 2.45) is 23.7 Å². The number of carbonyl (C=O) groups is 4. The van der Waals surface area contributed by atoms with Gasteiger partial charge >= 0.3 is 39.5 Å². The number of aliphatic hydroxyl groups is 1. The summed E-state index contributed by atoms with van der Waals surface area (Å²) < 4.78 is 68.6. The van der Waals surface area contributed by atoms with E-state index in [1.54, 1.807) is 0 Å². The minimum Gasteiger partial charge on any atom is -0.462 e. The Morgan fingerprint density at radius 1 is 0.289 bits per heavy atom. The third-order valence-corrected chi connectivity index (χ3v) is 21.1. The Bertz CT molecular complexity index is 1910. The van der Waals surface area contributed by atoms with E-state index in [4.69, 9.17) is 37.0 Å². The van der Waals surface area contributed by atoms with Crippen LogP contribution in [0.15, 0.2) is 0 Å². The Balaban J connectivity index is 5.19. The topological polar surface area (TPSA) is 237 Å². The number of carbonyl (C=O) groups excluding carboxylic acids is 4. The normalized spacial score (nSPS) is 14.9. The molecule has 0 heterocycles. The molecule has 0 spiro atoms. The zero-order valence-electron chi connectivity index (χ0n) is 63.7. The lowest BCUT2D eigenvalue weighted by molar-refractivity contribution is -0.161. The molecule has 0 bridgehead atoms. The third kappa shape index (κ3) is 68.3. The van der Waals surface area contributed by atoms with Crippen molar-refractivity contribution < 1.29 is 80.2 Å². The SMILES string of the molecule is CCC(C)CCCCCCCCCCCCCCCCCCCCC(=O)O[C@H](COC(=O)CCCCCCCCC(C)CC)COP(=O)(O)OC[C@H](O)COP(=O)(O)OC[C@@H](COC(=O)CCCCCCCCCCCCC(C)C)OC(=O)CCCCCCCCCCC(C)CC. The Hall–Kier alpha value is -1.94. The van der Waals surface area contributed by atoms with Crippen LogP contribution in [0.3, 0.4) is 0 Å². The van der Waals surface area contributed by atoms with Crippen LogP contribution in [0.4, 0.5) is 0 Å². The van der Waals surface area contributed by atoms with Gasteiger partial charge in [-0.15, -0.1) is 0 Å². The Morgan fingerprint density at radius 3 is 0.732 bits per heavy atom. The quantitative estimate of drug-likeness (QED) is 0.0222. The average Bonchev–Trinajstić information content (AvgIpc) is 1.03. The summed E-state index contributed by atoms with van der Waals surface area (Å²) in [5.41, 5.74) is 0.